The van der Waals surface area contributed by atoms with Crippen LogP contribution in [0.3, 0.4) is 0 Å². The Morgan fingerprint density at radius 2 is 1.76 bits per heavy atom. The largest absolute Gasteiger partial charge is 0.452 e. The molecule has 0 aromatic heterocycles. The van der Waals surface area contributed by atoms with E-state index in [1.54, 1.807) is 13.2 Å². The van der Waals surface area contributed by atoms with Gasteiger partial charge in [-0.05, 0) is 49.1 Å². The topological polar surface area (TPSA) is 116 Å². The fourth-order valence-electron chi connectivity index (χ4n) is 3.07. The normalized spacial score (nSPS) is 10.4. The second-order valence-electron chi connectivity index (χ2n) is 7.11. The number of halogens is 1. The smallest absolute Gasteiger partial charge is 0.339 e. The van der Waals surface area contributed by atoms with Crippen LogP contribution in [-0.4, -0.2) is 35.4 Å². The van der Waals surface area contributed by atoms with E-state index in [4.69, 9.17) is 4.74 Å². The van der Waals surface area contributed by atoms with Crippen LogP contribution in [0.1, 0.15) is 31.8 Å². The van der Waals surface area contributed by atoms with Crippen LogP contribution in [0.4, 0.5) is 15.8 Å². The lowest BCUT2D eigenvalue weighted by Crippen LogP contribution is -2.22. The van der Waals surface area contributed by atoms with Gasteiger partial charge in [0.15, 0.2) is 12.4 Å². The summed E-state index contributed by atoms with van der Waals surface area (Å²) in [4.78, 5) is 48.9. The number of amides is 1. The predicted molar refractivity (Wildman–Crippen MR) is 125 cm³/mol. The average molecular weight is 482 g/mol. The molecule has 0 aliphatic heterocycles. The molecule has 8 nitrogen and oxygen atoms in total. The molecule has 0 aliphatic carbocycles. The highest BCUT2D eigenvalue weighted by Gasteiger charge is 2.23. The molecule has 3 aromatic rings. The van der Waals surface area contributed by atoms with Crippen LogP contribution in [0.2, 0.25) is 0 Å². The number of benzene rings is 3. The molecule has 0 bridgehead atoms. The number of esters is 1. The van der Waals surface area contributed by atoms with E-state index in [2.05, 4.69) is 5.32 Å². The van der Waals surface area contributed by atoms with Crippen LogP contribution >= 0.6 is 11.8 Å². The zero-order chi connectivity index (χ0) is 24.8. The maximum absolute atomic E-state index is 13.6. The Bertz CT molecular complexity index is 1290. The van der Waals surface area contributed by atoms with Gasteiger partial charge >= 0.3 is 5.97 Å². The lowest BCUT2D eigenvalue weighted by molar-refractivity contribution is -0.387. The van der Waals surface area contributed by atoms with Gasteiger partial charge in [-0.3, -0.25) is 19.7 Å². The van der Waals surface area contributed by atoms with Crippen LogP contribution in [-0.2, 0) is 9.53 Å². The molecule has 0 spiro atoms. The molecule has 0 atom stereocenters. The van der Waals surface area contributed by atoms with Gasteiger partial charge in [0, 0.05) is 22.9 Å². The molecule has 0 saturated heterocycles. The highest BCUT2D eigenvalue weighted by atomic mass is 32.2. The van der Waals surface area contributed by atoms with E-state index in [1.807, 2.05) is 0 Å². The highest BCUT2D eigenvalue weighted by molar-refractivity contribution is 7.98. The molecule has 10 heteroatoms. The molecular weight excluding hydrogens is 463 g/mol. The number of nitrogens with one attached hydrogen (secondary N) is 1. The maximum atomic E-state index is 13.6. The van der Waals surface area contributed by atoms with Crippen molar-refractivity contribution in [2.24, 2.45) is 0 Å². The van der Waals surface area contributed by atoms with Gasteiger partial charge in [0.25, 0.3) is 11.6 Å². The van der Waals surface area contributed by atoms with Crippen LogP contribution in [0, 0.1) is 22.9 Å². The molecule has 0 unspecified atom stereocenters. The first-order valence-electron chi connectivity index (χ1n) is 9.90. The van der Waals surface area contributed by atoms with Crippen LogP contribution in [0.5, 0.6) is 0 Å². The summed E-state index contributed by atoms with van der Waals surface area (Å²) in [5, 5.41) is 13.7. The highest BCUT2D eigenvalue weighted by Crippen LogP contribution is 2.29. The number of nitrogens with zero attached hydrogens (tertiary/aromatic N) is 1. The first-order valence-corrected chi connectivity index (χ1v) is 11.1. The third-order valence-corrected chi connectivity index (χ3v) is 5.60. The second kappa shape index (κ2) is 10.7. The summed E-state index contributed by atoms with van der Waals surface area (Å²) in [5.74, 6) is -2.72. The SMILES string of the molecule is CSc1ccc(C(=O)c2ccccc2C(=O)OCC(=O)Nc2ccc(C)c(F)c2)cc1[N+](=O)[O-]. The number of carbonyl (C=O) groups excluding carboxylic acids is 3. The third-order valence-electron chi connectivity index (χ3n) is 4.82. The Kier molecular flexibility index (Phi) is 7.75. The van der Waals surface area contributed by atoms with Crippen molar-refractivity contribution in [2.75, 3.05) is 18.2 Å². The maximum Gasteiger partial charge on any atom is 0.339 e. The van der Waals surface area contributed by atoms with E-state index in [9.17, 15) is 28.9 Å². The summed E-state index contributed by atoms with van der Waals surface area (Å²) in [5.41, 5.74) is 0.304. The van der Waals surface area contributed by atoms with Crippen molar-refractivity contribution in [3.63, 3.8) is 0 Å². The monoisotopic (exact) mass is 482 g/mol. The van der Waals surface area contributed by atoms with Crippen molar-refractivity contribution in [1.29, 1.82) is 0 Å². The molecule has 174 valence electrons. The van der Waals surface area contributed by atoms with Crippen molar-refractivity contribution >= 4 is 40.8 Å². The number of hydrogen-bond donors (Lipinski definition) is 1. The minimum Gasteiger partial charge on any atom is -0.452 e. The number of thioether (sulfide) groups is 1. The number of nitro benzene ring substituents is 1. The van der Waals surface area contributed by atoms with E-state index < -0.39 is 35.0 Å². The minimum absolute atomic E-state index is 0.0280. The van der Waals surface area contributed by atoms with E-state index in [1.165, 1.54) is 60.3 Å². The summed E-state index contributed by atoms with van der Waals surface area (Å²) < 4.78 is 18.7. The number of hydrogen-bond acceptors (Lipinski definition) is 7. The summed E-state index contributed by atoms with van der Waals surface area (Å²) in [6.45, 7) is 0.918. The third kappa shape index (κ3) is 5.65. The number of anilines is 1. The van der Waals surface area contributed by atoms with Gasteiger partial charge in [0.2, 0.25) is 0 Å². The number of nitro groups is 1. The Morgan fingerprint density at radius 1 is 1.06 bits per heavy atom. The second-order valence-corrected chi connectivity index (χ2v) is 7.95. The quantitative estimate of drug-likeness (QED) is 0.161. The van der Waals surface area contributed by atoms with Crippen LogP contribution in [0.25, 0.3) is 0 Å². The number of ketones is 1. The summed E-state index contributed by atoms with van der Waals surface area (Å²) in [6, 6.07) is 14.0. The Morgan fingerprint density at radius 3 is 2.41 bits per heavy atom. The van der Waals surface area contributed by atoms with Gasteiger partial charge in [-0.2, -0.15) is 0 Å². The molecular formula is C24H19FN2O6S. The van der Waals surface area contributed by atoms with Gasteiger partial charge in [-0.1, -0.05) is 24.3 Å². The first kappa shape index (κ1) is 24.6. The van der Waals surface area contributed by atoms with E-state index in [0.717, 1.165) is 12.1 Å². The Balaban J connectivity index is 1.75. The van der Waals surface area contributed by atoms with E-state index >= 15 is 0 Å². The van der Waals surface area contributed by atoms with Gasteiger partial charge in [0.1, 0.15) is 5.82 Å². The number of aryl methyl sites for hydroxylation is 1. The Labute approximate surface area is 198 Å². The molecule has 0 fully saturated rings. The summed E-state index contributed by atoms with van der Waals surface area (Å²) in [6.07, 6.45) is 1.68. The molecule has 0 saturated carbocycles. The molecule has 0 aliphatic rings. The van der Waals surface area contributed by atoms with Crippen molar-refractivity contribution in [2.45, 2.75) is 11.8 Å². The molecule has 3 rings (SSSR count). The number of ether oxygens (including phenoxy) is 1. The minimum atomic E-state index is -0.926. The molecule has 1 N–H and O–H groups in total. The molecule has 0 radical (unpaired) electrons. The lowest BCUT2D eigenvalue weighted by Gasteiger charge is -2.10. The van der Waals surface area contributed by atoms with Crippen LogP contribution < -0.4 is 5.32 Å². The summed E-state index contributed by atoms with van der Waals surface area (Å²) in [7, 11) is 0. The fourth-order valence-corrected chi connectivity index (χ4v) is 3.61. The zero-order valence-corrected chi connectivity index (χ0v) is 19.0. The summed E-state index contributed by atoms with van der Waals surface area (Å²) >= 11 is 1.17. The Hall–Kier alpha value is -4.05. The zero-order valence-electron chi connectivity index (χ0n) is 18.2. The molecule has 34 heavy (non-hydrogen) atoms. The number of carbonyl (C=O) groups is 3. The van der Waals surface area contributed by atoms with Crippen molar-refractivity contribution in [1.82, 2.24) is 0 Å². The molecule has 1 amide bonds. The molecule has 3 aromatic carbocycles. The van der Waals surface area contributed by atoms with Gasteiger partial charge < -0.3 is 10.1 Å². The van der Waals surface area contributed by atoms with Crippen LogP contribution in [0.15, 0.2) is 65.6 Å². The van der Waals surface area contributed by atoms with E-state index in [0.29, 0.717) is 10.5 Å². The predicted octanol–water partition coefficient (Wildman–Crippen LogP) is 4.79. The number of rotatable bonds is 8. The fraction of sp³-hybridized carbons (Fsp3) is 0.125. The van der Waals surface area contributed by atoms with Gasteiger partial charge in [0.05, 0.1) is 15.4 Å². The van der Waals surface area contributed by atoms with Crippen molar-refractivity contribution in [3.05, 3.63) is 98.8 Å². The lowest BCUT2D eigenvalue weighted by atomic mass is 9.98. The first-order chi connectivity index (χ1) is 16.2. The van der Waals surface area contributed by atoms with Gasteiger partial charge in [-0.25, -0.2) is 9.18 Å². The van der Waals surface area contributed by atoms with Gasteiger partial charge in [-0.15, -0.1) is 11.8 Å². The average Bonchev–Trinajstić information content (AvgIpc) is 2.83. The standard InChI is InChI=1S/C24H19FN2O6S/c1-14-7-9-16(12-19(14)25)26-22(28)13-33-24(30)18-6-4-3-5-17(18)23(29)15-8-10-21(34-2)20(11-15)27(31)32/h3-12H,13H2,1-2H3,(H,26,28). The molecule has 0 heterocycles. The van der Waals surface area contributed by atoms with Crippen molar-refractivity contribution in [3.8, 4) is 0 Å². The van der Waals surface area contributed by atoms with Crippen molar-refractivity contribution < 1.29 is 28.4 Å². The van der Waals surface area contributed by atoms with E-state index in [-0.39, 0.29) is 28.1 Å².